The molecule has 0 saturated heterocycles. The predicted octanol–water partition coefficient (Wildman–Crippen LogP) is 0.928. The van der Waals surface area contributed by atoms with Crippen LogP contribution in [0.3, 0.4) is 0 Å². The van der Waals surface area contributed by atoms with Crippen molar-refractivity contribution in [1.29, 1.82) is 0 Å². The van der Waals surface area contributed by atoms with Crippen LogP contribution in [0.25, 0.3) is 11.4 Å². The molecule has 2 aromatic rings. The lowest BCUT2D eigenvalue weighted by molar-refractivity contribution is 0.196. The fraction of sp³-hybridized carbons (Fsp3) is 0.357. The summed E-state index contributed by atoms with van der Waals surface area (Å²) in [5.74, 6) is 0. The topological polar surface area (TPSA) is 81.1 Å². The van der Waals surface area contributed by atoms with E-state index < -0.39 is 0 Å². The van der Waals surface area contributed by atoms with E-state index in [2.05, 4.69) is 20.7 Å². The summed E-state index contributed by atoms with van der Waals surface area (Å²) in [6, 6.07) is 5.54. The van der Waals surface area contributed by atoms with Crippen LogP contribution in [0.5, 0.6) is 0 Å². The van der Waals surface area contributed by atoms with Crippen molar-refractivity contribution in [3.63, 3.8) is 0 Å². The van der Waals surface area contributed by atoms with E-state index in [-0.39, 0.29) is 6.03 Å². The molecule has 2 amide bonds. The molecule has 0 aliphatic heterocycles. The lowest BCUT2D eigenvalue weighted by Crippen LogP contribution is -2.36. The smallest absolute Gasteiger partial charge is 0.315 e. The van der Waals surface area contributed by atoms with Gasteiger partial charge in [-0.05, 0) is 17.7 Å². The van der Waals surface area contributed by atoms with E-state index in [1.165, 1.54) is 0 Å². The van der Waals surface area contributed by atoms with Crippen molar-refractivity contribution in [3.05, 3.63) is 36.2 Å². The Bertz CT molecular complexity index is 579. The van der Waals surface area contributed by atoms with E-state index in [0.29, 0.717) is 19.7 Å². The zero-order valence-corrected chi connectivity index (χ0v) is 12.2. The Morgan fingerprint density at radius 3 is 2.81 bits per heavy atom. The largest absolute Gasteiger partial charge is 0.383 e. The van der Waals surface area contributed by atoms with Crippen LogP contribution in [0.2, 0.25) is 0 Å². The second-order valence-corrected chi connectivity index (χ2v) is 4.49. The molecule has 21 heavy (non-hydrogen) atoms. The Kier molecular flexibility index (Phi) is 5.28. The molecule has 0 aromatic carbocycles. The summed E-state index contributed by atoms with van der Waals surface area (Å²) in [4.78, 5) is 15.9. The molecule has 0 fully saturated rings. The molecule has 0 spiro atoms. The van der Waals surface area contributed by atoms with Gasteiger partial charge in [0.2, 0.25) is 0 Å². The van der Waals surface area contributed by atoms with Gasteiger partial charge in [-0.1, -0.05) is 6.07 Å². The SMILES string of the molecule is COCCNC(=O)NCc1ccc(-c2ccnn2C)nc1. The zero-order chi connectivity index (χ0) is 15.1. The number of hydrogen-bond donors (Lipinski definition) is 2. The van der Waals surface area contributed by atoms with Crippen molar-refractivity contribution in [2.45, 2.75) is 6.54 Å². The molecule has 0 saturated carbocycles. The molecular formula is C14H19N5O2. The van der Waals surface area contributed by atoms with Crippen LogP contribution in [0.1, 0.15) is 5.56 Å². The number of aryl methyl sites for hydroxylation is 1. The molecule has 7 nitrogen and oxygen atoms in total. The first kappa shape index (κ1) is 15.0. The van der Waals surface area contributed by atoms with Crippen molar-refractivity contribution < 1.29 is 9.53 Å². The maximum atomic E-state index is 11.5. The number of aromatic nitrogens is 3. The summed E-state index contributed by atoms with van der Waals surface area (Å²) in [5.41, 5.74) is 2.73. The number of carbonyl (C=O) groups excluding carboxylic acids is 1. The first-order chi connectivity index (χ1) is 10.2. The zero-order valence-electron chi connectivity index (χ0n) is 12.2. The van der Waals surface area contributed by atoms with Crippen molar-refractivity contribution in [2.75, 3.05) is 20.3 Å². The molecule has 2 N–H and O–H groups in total. The van der Waals surface area contributed by atoms with Gasteiger partial charge in [0.25, 0.3) is 0 Å². The fourth-order valence-electron chi connectivity index (χ4n) is 1.82. The molecule has 2 rings (SSSR count). The van der Waals surface area contributed by atoms with Crippen LogP contribution in [-0.4, -0.2) is 41.1 Å². The van der Waals surface area contributed by atoms with Gasteiger partial charge in [-0.15, -0.1) is 0 Å². The Hall–Kier alpha value is -2.41. The molecule has 2 aromatic heterocycles. The predicted molar refractivity (Wildman–Crippen MR) is 78.6 cm³/mol. The van der Waals surface area contributed by atoms with Gasteiger partial charge in [0, 0.05) is 39.6 Å². The number of rotatable bonds is 6. The standard InChI is InChI=1S/C14H19N5O2/c1-19-13(5-6-18-19)12-4-3-11(9-16-12)10-17-14(20)15-7-8-21-2/h3-6,9H,7-8,10H2,1-2H3,(H2,15,17,20). The highest BCUT2D eigenvalue weighted by atomic mass is 16.5. The van der Waals surface area contributed by atoms with Crippen LogP contribution in [0, 0.1) is 0 Å². The summed E-state index contributed by atoms with van der Waals surface area (Å²) in [5, 5.41) is 9.56. The minimum Gasteiger partial charge on any atom is -0.383 e. The number of hydrogen-bond acceptors (Lipinski definition) is 4. The fourth-order valence-corrected chi connectivity index (χ4v) is 1.82. The van der Waals surface area contributed by atoms with Crippen molar-refractivity contribution in [2.24, 2.45) is 7.05 Å². The van der Waals surface area contributed by atoms with Gasteiger partial charge in [-0.2, -0.15) is 5.10 Å². The second-order valence-electron chi connectivity index (χ2n) is 4.49. The van der Waals surface area contributed by atoms with E-state index in [9.17, 15) is 4.79 Å². The molecule has 0 aliphatic carbocycles. The monoisotopic (exact) mass is 289 g/mol. The van der Waals surface area contributed by atoms with Gasteiger partial charge in [-0.25, -0.2) is 4.79 Å². The maximum absolute atomic E-state index is 11.5. The highest BCUT2D eigenvalue weighted by Gasteiger charge is 2.04. The molecular weight excluding hydrogens is 270 g/mol. The van der Waals surface area contributed by atoms with Crippen LogP contribution < -0.4 is 10.6 Å². The van der Waals surface area contributed by atoms with Crippen LogP contribution in [0.4, 0.5) is 4.79 Å². The summed E-state index contributed by atoms with van der Waals surface area (Å²) in [7, 11) is 3.46. The van der Waals surface area contributed by atoms with Crippen LogP contribution in [-0.2, 0) is 18.3 Å². The molecule has 0 bridgehead atoms. The van der Waals surface area contributed by atoms with Gasteiger partial charge >= 0.3 is 6.03 Å². The van der Waals surface area contributed by atoms with Gasteiger partial charge < -0.3 is 15.4 Å². The number of ether oxygens (including phenoxy) is 1. The van der Waals surface area contributed by atoms with Gasteiger partial charge in [0.1, 0.15) is 0 Å². The minimum absolute atomic E-state index is 0.220. The number of nitrogens with zero attached hydrogens (tertiary/aromatic N) is 3. The number of pyridine rings is 1. The Labute approximate surface area is 123 Å². The number of nitrogens with one attached hydrogen (secondary N) is 2. The minimum atomic E-state index is -0.220. The van der Waals surface area contributed by atoms with Gasteiger partial charge in [-0.3, -0.25) is 9.67 Å². The average Bonchev–Trinajstić information content (AvgIpc) is 2.92. The normalized spacial score (nSPS) is 10.4. The quantitative estimate of drug-likeness (QED) is 0.775. The van der Waals surface area contributed by atoms with Crippen LogP contribution >= 0.6 is 0 Å². The van der Waals surface area contributed by atoms with Crippen molar-refractivity contribution >= 4 is 6.03 Å². The molecule has 0 aliphatic rings. The highest BCUT2D eigenvalue weighted by Crippen LogP contribution is 2.15. The lowest BCUT2D eigenvalue weighted by atomic mass is 10.2. The molecule has 112 valence electrons. The van der Waals surface area contributed by atoms with Gasteiger partial charge in [0.05, 0.1) is 18.0 Å². The molecule has 0 radical (unpaired) electrons. The number of methoxy groups -OCH3 is 1. The number of carbonyl (C=O) groups is 1. The first-order valence-electron chi connectivity index (χ1n) is 6.64. The number of urea groups is 1. The first-order valence-corrected chi connectivity index (χ1v) is 6.64. The molecule has 2 heterocycles. The summed E-state index contributed by atoms with van der Waals surface area (Å²) < 4.78 is 6.62. The number of amides is 2. The lowest BCUT2D eigenvalue weighted by Gasteiger charge is -2.07. The third-order valence-corrected chi connectivity index (χ3v) is 2.95. The Balaban J connectivity index is 1.85. The Morgan fingerprint density at radius 2 is 2.19 bits per heavy atom. The van der Waals surface area contributed by atoms with E-state index in [0.717, 1.165) is 17.0 Å². The summed E-state index contributed by atoms with van der Waals surface area (Å²) >= 11 is 0. The van der Waals surface area contributed by atoms with Crippen molar-refractivity contribution in [3.8, 4) is 11.4 Å². The third-order valence-electron chi connectivity index (χ3n) is 2.95. The molecule has 0 unspecified atom stereocenters. The van der Waals surface area contributed by atoms with E-state index in [1.807, 2.05) is 25.2 Å². The van der Waals surface area contributed by atoms with Crippen LogP contribution in [0.15, 0.2) is 30.6 Å². The Morgan fingerprint density at radius 1 is 1.33 bits per heavy atom. The average molecular weight is 289 g/mol. The summed E-state index contributed by atoms with van der Waals surface area (Å²) in [6.07, 6.45) is 3.48. The highest BCUT2D eigenvalue weighted by molar-refractivity contribution is 5.73. The molecule has 0 atom stereocenters. The van der Waals surface area contributed by atoms with E-state index in [4.69, 9.17) is 4.74 Å². The van der Waals surface area contributed by atoms with Gasteiger partial charge in [0.15, 0.2) is 0 Å². The second kappa shape index (κ2) is 7.39. The summed E-state index contributed by atoms with van der Waals surface area (Å²) in [6.45, 7) is 1.41. The van der Waals surface area contributed by atoms with Crippen molar-refractivity contribution in [1.82, 2.24) is 25.4 Å². The molecule has 7 heteroatoms. The maximum Gasteiger partial charge on any atom is 0.315 e. The van der Waals surface area contributed by atoms with E-state index >= 15 is 0 Å². The third kappa shape index (κ3) is 4.28. The van der Waals surface area contributed by atoms with E-state index in [1.54, 1.807) is 24.2 Å².